The Balaban J connectivity index is 1.81. The lowest BCUT2D eigenvalue weighted by atomic mass is 10.0. The highest BCUT2D eigenvalue weighted by atomic mass is 35.5. The summed E-state index contributed by atoms with van der Waals surface area (Å²) in [5.41, 5.74) is 1.51. The van der Waals surface area contributed by atoms with Crippen molar-refractivity contribution in [3.8, 4) is 11.5 Å². The highest BCUT2D eigenvalue weighted by Crippen LogP contribution is 2.32. The fraction of sp³-hybridized carbons (Fsp3) is 0.133. The molecule has 0 aliphatic carbocycles. The quantitative estimate of drug-likeness (QED) is 0.804. The zero-order chi connectivity index (χ0) is 13.2. The topological polar surface area (TPSA) is 35.5 Å². The lowest BCUT2D eigenvalue weighted by Gasteiger charge is -2.03. The average Bonchev–Trinajstić information content (AvgIpc) is 2.85. The maximum absolute atomic E-state index is 12.2. The standard InChI is InChI=1S/C15H11ClO3/c16-12-3-1-2-10(6-12)7-13(17)11-4-5-14-15(8-11)19-9-18-14/h1-6,8H,7,9H2. The molecule has 19 heavy (non-hydrogen) atoms. The Kier molecular flexibility index (Phi) is 3.13. The molecule has 1 aliphatic heterocycles. The average molecular weight is 275 g/mol. The third kappa shape index (κ3) is 2.56. The molecule has 2 aromatic carbocycles. The summed E-state index contributed by atoms with van der Waals surface area (Å²) < 4.78 is 10.5. The van der Waals surface area contributed by atoms with E-state index >= 15 is 0 Å². The second-order valence-corrected chi connectivity index (χ2v) is 4.73. The number of rotatable bonds is 3. The van der Waals surface area contributed by atoms with Gasteiger partial charge in [-0.3, -0.25) is 4.79 Å². The molecule has 0 bridgehead atoms. The van der Waals surface area contributed by atoms with E-state index in [1.165, 1.54) is 0 Å². The number of Topliss-reactive ketones (excluding diaryl/α,β-unsaturated/α-hetero) is 1. The smallest absolute Gasteiger partial charge is 0.231 e. The molecule has 3 nitrogen and oxygen atoms in total. The van der Waals surface area contributed by atoms with Gasteiger partial charge in [-0.05, 0) is 35.9 Å². The first-order valence-corrected chi connectivity index (χ1v) is 6.27. The largest absolute Gasteiger partial charge is 0.454 e. The third-order valence-corrected chi connectivity index (χ3v) is 3.18. The van der Waals surface area contributed by atoms with Crippen molar-refractivity contribution in [3.05, 3.63) is 58.6 Å². The van der Waals surface area contributed by atoms with Crippen LogP contribution in [0.3, 0.4) is 0 Å². The molecule has 0 unspecified atom stereocenters. The summed E-state index contributed by atoms with van der Waals surface area (Å²) in [5, 5.41) is 0.635. The molecule has 0 atom stereocenters. The predicted molar refractivity (Wildman–Crippen MR) is 72.1 cm³/mol. The molecule has 0 amide bonds. The third-order valence-electron chi connectivity index (χ3n) is 2.95. The van der Waals surface area contributed by atoms with Gasteiger partial charge in [0.2, 0.25) is 6.79 Å². The van der Waals surface area contributed by atoms with Gasteiger partial charge < -0.3 is 9.47 Å². The second kappa shape index (κ2) is 4.94. The fourth-order valence-corrected chi connectivity index (χ4v) is 2.22. The number of ether oxygens (including phenoxy) is 2. The molecular weight excluding hydrogens is 264 g/mol. The molecule has 0 aromatic heterocycles. The zero-order valence-corrected chi connectivity index (χ0v) is 10.8. The SMILES string of the molecule is O=C(Cc1cccc(Cl)c1)c1ccc2c(c1)OCO2. The van der Waals surface area contributed by atoms with Crippen LogP contribution in [0.2, 0.25) is 5.02 Å². The summed E-state index contributed by atoms with van der Waals surface area (Å²) >= 11 is 5.90. The maximum atomic E-state index is 12.2. The molecule has 0 radical (unpaired) electrons. The van der Waals surface area contributed by atoms with Crippen LogP contribution in [-0.2, 0) is 6.42 Å². The summed E-state index contributed by atoms with van der Waals surface area (Å²) in [4.78, 5) is 12.2. The van der Waals surface area contributed by atoms with Gasteiger partial charge >= 0.3 is 0 Å². The monoisotopic (exact) mass is 274 g/mol. The van der Waals surface area contributed by atoms with Crippen LogP contribution in [0.15, 0.2) is 42.5 Å². The fourth-order valence-electron chi connectivity index (χ4n) is 2.00. The second-order valence-electron chi connectivity index (χ2n) is 4.30. The first-order valence-electron chi connectivity index (χ1n) is 5.90. The summed E-state index contributed by atoms with van der Waals surface area (Å²) in [6.07, 6.45) is 0.320. The number of benzene rings is 2. The Morgan fingerprint density at radius 1 is 1.11 bits per heavy atom. The highest BCUT2D eigenvalue weighted by Gasteiger charge is 2.16. The van der Waals surface area contributed by atoms with Crippen LogP contribution < -0.4 is 9.47 Å². The molecule has 3 rings (SSSR count). The van der Waals surface area contributed by atoms with Crippen molar-refractivity contribution in [1.82, 2.24) is 0 Å². The van der Waals surface area contributed by atoms with Crippen molar-refractivity contribution in [2.24, 2.45) is 0 Å². The van der Waals surface area contributed by atoms with Crippen molar-refractivity contribution in [3.63, 3.8) is 0 Å². The van der Waals surface area contributed by atoms with E-state index in [0.29, 0.717) is 28.5 Å². The van der Waals surface area contributed by atoms with Crippen LogP contribution in [-0.4, -0.2) is 12.6 Å². The Labute approximate surface area is 115 Å². The van der Waals surface area contributed by atoms with Gasteiger partial charge in [0, 0.05) is 17.0 Å². The van der Waals surface area contributed by atoms with E-state index in [9.17, 15) is 4.79 Å². The van der Waals surface area contributed by atoms with Crippen LogP contribution >= 0.6 is 11.6 Å². The lowest BCUT2D eigenvalue weighted by Crippen LogP contribution is -2.03. The van der Waals surface area contributed by atoms with Gasteiger partial charge in [0.1, 0.15) is 0 Å². The number of ketones is 1. The number of carbonyl (C=O) groups excluding carboxylic acids is 1. The minimum Gasteiger partial charge on any atom is -0.454 e. The van der Waals surface area contributed by atoms with Gasteiger partial charge in [-0.25, -0.2) is 0 Å². The van der Waals surface area contributed by atoms with Crippen molar-refractivity contribution in [2.45, 2.75) is 6.42 Å². The summed E-state index contributed by atoms with van der Waals surface area (Å²) in [5.74, 6) is 1.33. The van der Waals surface area contributed by atoms with Gasteiger partial charge in [-0.2, -0.15) is 0 Å². The maximum Gasteiger partial charge on any atom is 0.231 e. The number of hydrogen-bond acceptors (Lipinski definition) is 3. The van der Waals surface area contributed by atoms with E-state index in [1.54, 1.807) is 30.3 Å². The van der Waals surface area contributed by atoms with E-state index in [2.05, 4.69) is 0 Å². The molecule has 0 spiro atoms. The summed E-state index contributed by atoms with van der Waals surface area (Å²) in [6.45, 7) is 0.210. The van der Waals surface area contributed by atoms with Crippen LogP contribution in [0, 0.1) is 0 Å². The minimum absolute atomic E-state index is 0.0283. The van der Waals surface area contributed by atoms with E-state index < -0.39 is 0 Å². The Morgan fingerprint density at radius 3 is 2.79 bits per heavy atom. The van der Waals surface area contributed by atoms with Crippen LogP contribution in [0.4, 0.5) is 0 Å². The van der Waals surface area contributed by atoms with Crippen molar-refractivity contribution >= 4 is 17.4 Å². The molecule has 0 saturated carbocycles. The van der Waals surface area contributed by atoms with Gasteiger partial charge in [0.05, 0.1) is 0 Å². The van der Waals surface area contributed by atoms with Crippen molar-refractivity contribution in [1.29, 1.82) is 0 Å². The van der Waals surface area contributed by atoms with E-state index in [0.717, 1.165) is 5.56 Å². The zero-order valence-electron chi connectivity index (χ0n) is 10.1. The molecular formula is C15H11ClO3. The molecule has 4 heteroatoms. The Bertz CT molecular complexity index is 637. The normalized spacial score (nSPS) is 12.5. The van der Waals surface area contributed by atoms with Gasteiger partial charge in [0.25, 0.3) is 0 Å². The van der Waals surface area contributed by atoms with Crippen LogP contribution in [0.5, 0.6) is 11.5 Å². The van der Waals surface area contributed by atoms with Crippen LogP contribution in [0.1, 0.15) is 15.9 Å². The molecule has 2 aromatic rings. The number of halogens is 1. The molecule has 0 N–H and O–H groups in total. The summed E-state index contributed by atoms with van der Waals surface area (Å²) in [7, 11) is 0. The molecule has 96 valence electrons. The molecule has 1 aliphatic rings. The van der Waals surface area contributed by atoms with Gasteiger partial charge in [-0.1, -0.05) is 23.7 Å². The lowest BCUT2D eigenvalue weighted by molar-refractivity contribution is 0.0992. The van der Waals surface area contributed by atoms with Gasteiger partial charge in [0.15, 0.2) is 17.3 Å². The molecule has 1 heterocycles. The van der Waals surface area contributed by atoms with E-state index in [1.807, 2.05) is 12.1 Å². The number of fused-ring (bicyclic) bond motifs is 1. The summed E-state index contributed by atoms with van der Waals surface area (Å²) in [6, 6.07) is 12.5. The van der Waals surface area contributed by atoms with Crippen molar-refractivity contribution < 1.29 is 14.3 Å². The number of hydrogen-bond donors (Lipinski definition) is 0. The van der Waals surface area contributed by atoms with Crippen molar-refractivity contribution in [2.75, 3.05) is 6.79 Å². The highest BCUT2D eigenvalue weighted by molar-refractivity contribution is 6.30. The van der Waals surface area contributed by atoms with Crippen LogP contribution in [0.25, 0.3) is 0 Å². The minimum atomic E-state index is 0.0283. The van der Waals surface area contributed by atoms with E-state index in [-0.39, 0.29) is 12.6 Å². The first kappa shape index (κ1) is 12.1. The van der Waals surface area contributed by atoms with E-state index in [4.69, 9.17) is 21.1 Å². The predicted octanol–water partition coefficient (Wildman–Crippen LogP) is 3.49. The molecule has 0 saturated heterocycles. The molecule has 0 fully saturated rings. The van der Waals surface area contributed by atoms with Gasteiger partial charge in [-0.15, -0.1) is 0 Å². The first-order chi connectivity index (χ1) is 9.22. The Hall–Kier alpha value is -2.00. The number of carbonyl (C=O) groups is 1. The Morgan fingerprint density at radius 2 is 1.95 bits per heavy atom.